The Morgan fingerprint density at radius 3 is 2.89 bits per heavy atom. The molecule has 0 saturated carbocycles. The number of anilines is 2. The van der Waals surface area contributed by atoms with E-state index in [0.29, 0.717) is 24.5 Å². The first-order chi connectivity index (χ1) is 13.3. The third kappa shape index (κ3) is 2.87. The van der Waals surface area contributed by atoms with Crippen LogP contribution < -0.4 is 9.64 Å². The van der Waals surface area contributed by atoms with Crippen molar-refractivity contribution < 1.29 is 9.53 Å². The Hall–Kier alpha value is -3.16. The maximum atomic E-state index is 12.8. The van der Waals surface area contributed by atoms with Gasteiger partial charge in [0, 0.05) is 37.2 Å². The smallest absolute Gasteiger partial charge is 0.255 e. The summed E-state index contributed by atoms with van der Waals surface area (Å²) in [4.78, 5) is 21.3. The van der Waals surface area contributed by atoms with Gasteiger partial charge in [-0.1, -0.05) is 0 Å². The molecule has 8 nitrogen and oxygen atoms in total. The Morgan fingerprint density at radius 2 is 2.00 bits per heavy atom. The van der Waals surface area contributed by atoms with E-state index in [1.807, 2.05) is 33.7 Å². The van der Waals surface area contributed by atoms with Crippen LogP contribution in [-0.4, -0.2) is 56.6 Å². The summed E-state index contributed by atoms with van der Waals surface area (Å²) in [5.74, 6) is 1.40. The third-order valence-corrected chi connectivity index (χ3v) is 5.15. The van der Waals surface area contributed by atoms with Crippen LogP contribution in [0.15, 0.2) is 36.9 Å². The minimum absolute atomic E-state index is 0.0376. The Morgan fingerprint density at radius 1 is 1.11 bits per heavy atom. The number of hydrogen-bond acceptors (Lipinski definition) is 6. The van der Waals surface area contributed by atoms with Crippen molar-refractivity contribution in [1.29, 1.82) is 0 Å². The largest absolute Gasteiger partial charge is 0.488 e. The summed E-state index contributed by atoms with van der Waals surface area (Å²) >= 11 is 0. The van der Waals surface area contributed by atoms with E-state index < -0.39 is 0 Å². The first-order valence-electron chi connectivity index (χ1n) is 9.29. The van der Waals surface area contributed by atoms with Crippen molar-refractivity contribution in [2.24, 2.45) is 0 Å². The number of fused-ring (bicyclic) bond motifs is 2. The standard InChI is InChI=1S/C19H20N6O2/c26-19(23-5-2-1-3-6-23)14-10-16-18(20-12-14)25(8-9-27-16)15-4-7-24-13-21-22-17(24)11-15/h4,7,10-13H,1-3,5-6,8-9H2. The van der Waals surface area contributed by atoms with E-state index in [0.717, 1.165) is 43.1 Å². The minimum Gasteiger partial charge on any atom is -0.488 e. The lowest BCUT2D eigenvalue weighted by atomic mass is 10.1. The van der Waals surface area contributed by atoms with Crippen LogP contribution in [0.2, 0.25) is 0 Å². The van der Waals surface area contributed by atoms with Crippen LogP contribution in [0.5, 0.6) is 5.75 Å². The van der Waals surface area contributed by atoms with Gasteiger partial charge in [0.2, 0.25) is 0 Å². The van der Waals surface area contributed by atoms with Crippen LogP contribution in [0.25, 0.3) is 5.65 Å². The summed E-state index contributed by atoms with van der Waals surface area (Å²) in [5, 5.41) is 8.02. The van der Waals surface area contributed by atoms with E-state index in [4.69, 9.17) is 4.74 Å². The van der Waals surface area contributed by atoms with Crippen molar-refractivity contribution in [3.8, 4) is 5.75 Å². The van der Waals surface area contributed by atoms with E-state index >= 15 is 0 Å². The van der Waals surface area contributed by atoms with E-state index in [2.05, 4.69) is 20.1 Å². The Balaban J connectivity index is 1.46. The number of rotatable bonds is 2. The van der Waals surface area contributed by atoms with Crippen LogP contribution in [-0.2, 0) is 0 Å². The number of carbonyl (C=O) groups is 1. The summed E-state index contributed by atoms with van der Waals surface area (Å²) in [6.07, 6.45) is 8.59. The molecule has 3 aromatic heterocycles. The molecule has 0 bridgehead atoms. The fourth-order valence-electron chi connectivity index (χ4n) is 3.72. The number of pyridine rings is 2. The minimum atomic E-state index is 0.0376. The molecule has 0 spiro atoms. The van der Waals surface area contributed by atoms with E-state index in [1.54, 1.807) is 12.5 Å². The van der Waals surface area contributed by atoms with Crippen molar-refractivity contribution in [2.45, 2.75) is 19.3 Å². The number of nitrogens with zero attached hydrogens (tertiary/aromatic N) is 6. The lowest BCUT2D eigenvalue weighted by Gasteiger charge is -2.31. The molecule has 8 heteroatoms. The highest BCUT2D eigenvalue weighted by Crippen LogP contribution is 2.35. The molecule has 138 valence electrons. The molecule has 0 aromatic carbocycles. The van der Waals surface area contributed by atoms with Gasteiger partial charge in [-0.2, -0.15) is 0 Å². The topological polar surface area (TPSA) is 75.9 Å². The lowest BCUT2D eigenvalue weighted by Crippen LogP contribution is -2.36. The molecular formula is C19H20N6O2. The highest BCUT2D eigenvalue weighted by atomic mass is 16.5. The zero-order valence-corrected chi connectivity index (χ0v) is 14.9. The monoisotopic (exact) mass is 364 g/mol. The zero-order valence-electron chi connectivity index (χ0n) is 14.9. The number of amides is 1. The average Bonchev–Trinajstić information content (AvgIpc) is 3.21. The number of ether oxygens (including phenoxy) is 1. The SMILES string of the molecule is O=C(c1cnc2c(c1)OCCN2c1ccn2cnnc2c1)N1CCCCC1. The average molecular weight is 364 g/mol. The van der Waals surface area contributed by atoms with Crippen LogP contribution in [0.4, 0.5) is 11.5 Å². The molecule has 0 atom stereocenters. The van der Waals surface area contributed by atoms with Gasteiger partial charge in [-0.25, -0.2) is 4.98 Å². The summed E-state index contributed by atoms with van der Waals surface area (Å²) in [7, 11) is 0. The van der Waals surface area contributed by atoms with Gasteiger partial charge in [-0.15, -0.1) is 10.2 Å². The zero-order chi connectivity index (χ0) is 18.2. The Bertz CT molecular complexity index is 995. The second-order valence-electron chi connectivity index (χ2n) is 6.88. The summed E-state index contributed by atoms with van der Waals surface area (Å²) < 4.78 is 7.68. The van der Waals surface area contributed by atoms with Crippen molar-refractivity contribution in [1.82, 2.24) is 24.5 Å². The van der Waals surface area contributed by atoms with Crippen molar-refractivity contribution in [3.05, 3.63) is 42.5 Å². The van der Waals surface area contributed by atoms with Crippen LogP contribution in [0.3, 0.4) is 0 Å². The molecule has 2 aliphatic heterocycles. The van der Waals surface area contributed by atoms with Gasteiger partial charge in [-0.3, -0.25) is 9.20 Å². The normalized spacial score (nSPS) is 16.9. The Kier molecular flexibility index (Phi) is 3.88. The highest BCUT2D eigenvalue weighted by molar-refractivity contribution is 5.95. The van der Waals surface area contributed by atoms with Gasteiger partial charge in [-0.05, 0) is 31.4 Å². The first kappa shape index (κ1) is 16.0. The molecule has 1 amide bonds. The third-order valence-electron chi connectivity index (χ3n) is 5.15. The van der Waals surface area contributed by atoms with Gasteiger partial charge in [0.15, 0.2) is 17.2 Å². The quantitative estimate of drug-likeness (QED) is 0.694. The second kappa shape index (κ2) is 6.53. The number of likely N-dealkylation sites (tertiary alicyclic amines) is 1. The van der Waals surface area contributed by atoms with Crippen LogP contribution in [0, 0.1) is 0 Å². The summed E-state index contributed by atoms with van der Waals surface area (Å²) in [6.45, 7) is 2.86. The van der Waals surface area contributed by atoms with Gasteiger partial charge < -0.3 is 14.5 Å². The number of piperidine rings is 1. The summed E-state index contributed by atoms with van der Waals surface area (Å²) in [5.41, 5.74) is 2.34. The van der Waals surface area contributed by atoms with Crippen molar-refractivity contribution in [3.63, 3.8) is 0 Å². The molecule has 27 heavy (non-hydrogen) atoms. The highest BCUT2D eigenvalue weighted by Gasteiger charge is 2.25. The van der Waals surface area contributed by atoms with Crippen molar-refractivity contribution in [2.75, 3.05) is 31.1 Å². The molecule has 1 saturated heterocycles. The predicted molar refractivity (Wildman–Crippen MR) is 99.5 cm³/mol. The van der Waals surface area contributed by atoms with Crippen molar-refractivity contribution >= 4 is 23.1 Å². The number of hydrogen-bond donors (Lipinski definition) is 0. The molecular weight excluding hydrogens is 344 g/mol. The molecule has 5 rings (SSSR count). The lowest BCUT2D eigenvalue weighted by molar-refractivity contribution is 0.0723. The molecule has 3 aromatic rings. The predicted octanol–water partition coefficient (Wildman–Crippen LogP) is 2.28. The van der Waals surface area contributed by atoms with Crippen LogP contribution >= 0.6 is 0 Å². The van der Waals surface area contributed by atoms with Gasteiger partial charge in [0.1, 0.15) is 12.9 Å². The Labute approximate surface area is 156 Å². The molecule has 2 aliphatic rings. The molecule has 1 fully saturated rings. The molecule has 0 radical (unpaired) electrons. The van der Waals surface area contributed by atoms with E-state index in [1.165, 1.54) is 6.42 Å². The first-order valence-corrected chi connectivity index (χ1v) is 9.29. The number of carbonyl (C=O) groups excluding carboxylic acids is 1. The molecule has 0 unspecified atom stereocenters. The van der Waals surface area contributed by atoms with E-state index in [9.17, 15) is 4.79 Å². The van der Waals surface area contributed by atoms with Gasteiger partial charge >= 0.3 is 0 Å². The van der Waals surface area contributed by atoms with Gasteiger partial charge in [0.25, 0.3) is 5.91 Å². The van der Waals surface area contributed by atoms with E-state index in [-0.39, 0.29) is 5.91 Å². The summed E-state index contributed by atoms with van der Waals surface area (Å²) in [6, 6.07) is 5.79. The van der Waals surface area contributed by atoms with Crippen LogP contribution in [0.1, 0.15) is 29.6 Å². The maximum Gasteiger partial charge on any atom is 0.255 e. The number of aromatic nitrogens is 4. The molecule has 5 heterocycles. The maximum absolute atomic E-state index is 12.8. The molecule has 0 aliphatic carbocycles. The van der Waals surface area contributed by atoms with Gasteiger partial charge in [0.05, 0.1) is 12.1 Å². The fourth-order valence-corrected chi connectivity index (χ4v) is 3.72. The fraction of sp³-hybridized carbons (Fsp3) is 0.368. The molecule has 0 N–H and O–H groups in total. The second-order valence-corrected chi connectivity index (χ2v) is 6.88.